The third kappa shape index (κ3) is 3.05. The van der Waals surface area contributed by atoms with Gasteiger partial charge in [-0.15, -0.1) is 0 Å². The van der Waals surface area contributed by atoms with Crippen LogP contribution in [0.4, 0.5) is 10.1 Å². The van der Waals surface area contributed by atoms with Crippen molar-refractivity contribution in [1.29, 1.82) is 0 Å². The van der Waals surface area contributed by atoms with Crippen molar-refractivity contribution in [2.45, 2.75) is 6.42 Å². The van der Waals surface area contributed by atoms with E-state index in [1.54, 1.807) is 6.07 Å². The van der Waals surface area contributed by atoms with E-state index in [2.05, 4.69) is 22.4 Å². The first-order chi connectivity index (χ1) is 7.84. The highest BCUT2D eigenvalue weighted by Gasteiger charge is 1.95. The van der Waals surface area contributed by atoms with Gasteiger partial charge in [0.1, 0.15) is 0 Å². The number of nitrogens with one attached hydrogen (secondary N) is 1. The molecule has 82 valence electrons. The summed E-state index contributed by atoms with van der Waals surface area (Å²) < 4.78 is 12.8. The molecule has 0 bridgehead atoms. The Labute approximate surface area is 94.2 Å². The second kappa shape index (κ2) is 5.26. The lowest BCUT2D eigenvalue weighted by Crippen LogP contribution is -2.05. The van der Waals surface area contributed by atoms with Crippen LogP contribution < -0.4 is 5.32 Å². The number of aromatic nitrogens is 1. The number of hydrogen-bond acceptors (Lipinski definition) is 2. The quantitative estimate of drug-likeness (QED) is 0.795. The molecule has 2 aromatic rings. The molecule has 0 aliphatic heterocycles. The van der Waals surface area contributed by atoms with E-state index in [0.717, 1.165) is 18.7 Å². The van der Waals surface area contributed by atoms with Crippen molar-refractivity contribution in [3.8, 4) is 0 Å². The molecule has 2 nitrogen and oxygen atoms in total. The molecule has 1 aromatic heterocycles. The van der Waals surface area contributed by atoms with Crippen molar-refractivity contribution in [3.63, 3.8) is 0 Å². The van der Waals surface area contributed by atoms with Gasteiger partial charge in [-0.1, -0.05) is 30.3 Å². The van der Waals surface area contributed by atoms with Crippen LogP contribution in [0.5, 0.6) is 0 Å². The molecule has 1 aromatic carbocycles. The first-order valence-corrected chi connectivity index (χ1v) is 5.24. The van der Waals surface area contributed by atoms with Crippen LogP contribution in [0.25, 0.3) is 0 Å². The maximum Gasteiger partial charge on any atom is 0.214 e. The number of halogens is 1. The normalized spacial score (nSPS) is 10.1. The zero-order chi connectivity index (χ0) is 11.2. The lowest BCUT2D eigenvalue weighted by atomic mass is 10.1. The molecule has 0 spiro atoms. The fourth-order valence-corrected chi connectivity index (χ4v) is 1.51. The minimum absolute atomic E-state index is 0.454. The van der Waals surface area contributed by atoms with Gasteiger partial charge in [-0.05, 0) is 18.1 Å². The Hall–Kier alpha value is -1.90. The van der Waals surface area contributed by atoms with Crippen molar-refractivity contribution in [2.24, 2.45) is 0 Å². The summed E-state index contributed by atoms with van der Waals surface area (Å²) in [7, 11) is 0. The third-order valence-electron chi connectivity index (χ3n) is 2.31. The molecular weight excluding hydrogens is 203 g/mol. The van der Waals surface area contributed by atoms with E-state index in [1.807, 2.05) is 18.2 Å². The van der Waals surface area contributed by atoms with E-state index in [0.29, 0.717) is 0 Å². The van der Waals surface area contributed by atoms with Crippen molar-refractivity contribution in [1.82, 2.24) is 4.98 Å². The van der Waals surface area contributed by atoms with Gasteiger partial charge in [-0.25, -0.2) is 4.98 Å². The topological polar surface area (TPSA) is 24.9 Å². The maximum atomic E-state index is 12.8. The summed E-state index contributed by atoms with van der Waals surface area (Å²) in [4.78, 5) is 3.50. The molecule has 0 atom stereocenters. The van der Waals surface area contributed by atoms with Crippen molar-refractivity contribution < 1.29 is 4.39 Å². The number of hydrogen-bond donors (Lipinski definition) is 1. The Morgan fingerprint density at radius 3 is 2.69 bits per heavy atom. The zero-order valence-corrected chi connectivity index (χ0v) is 8.86. The monoisotopic (exact) mass is 216 g/mol. The minimum atomic E-state index is -0.454. The van der Waals surface area contributed by atoms with Crippen LogP contribution in [-0.4, -0.2) is 11.5 Å². The highest BCUT2D eigenvalue weighted by Crippen LogP contribution is 2.07. The van der Waals surface area contributed by atoms with Crippen molar-refractivity contribution in [3.05, 3.63) is 60.2 Å². The number of anilines is 1. The van der Waals surface area contributed by atoms with Gasteiger partial charge in [0.15, 0.2) is 0 Å². The fraction of sp³-hybridized carbons (Fsp3) is 0.154. The molecule has 0 fully saturated rings. The summed E-state index contributed by atoms with van der Waals surface area (Å²) in [5.41, 5.74) is 2.04. The molecule has 0 aliphatic rings. The minimum Gasteiger partial charge on any atom is -0.385 e. The van der Waals surface area contributed by atoms with Gasteiger partial charge in [-0.2, -0.15) is 4.39 Å². The fourth-order valence-electron chi connectivity index (χ4n) is 1.51. The van der Waals surface area contributed by atoms with E-state index < -0.39 is 5.95 Å². The van der Waals surface area contributed by atoms with Crippen molar-refractivity contribution in [2.75, 3.05) is 11.9 Å². The number of rotatable bonds is 4. The molecule has 0 aliphatic carbocycles. The first kappa shape index (κ1) is 10.6. The van der Waals surface area contributed by atoms with Crippen LogP contribution >= 0.6 is 0 Å². The highest BCUT2D eigenvalue weighted by molar-refractivity contribution is 5.41. The molecule has 2 rings (SSSR count). The van der Waals surface area contributed by atoms with Crippen LogP contribution in [0.15, 0.2) is 48.7 Å². The smallest absolute Gasteiger partial charge is 0.214 e. The predicted octanol–water partition coefficient (Wildman–Crippen LogP) is 2.88. The molecule has 0 saturated heterocycles. The summed E-state index contributed by atoms with van der Waals surface area (Å²) in [6.45, 7) is 0.785. The second-order valence-corrected chi connectivity index (χ2v) is 3.53. The molecule has 0 unspecified atom stereocenters. The Kier molecular flexibility index (Phi) is 3.49. The third-order valence-corrected chi connectivity index (χ3v) is 2.31. The van der Waals surface area contributed by atoms with Crippen LogP contribution in [0, 0.1) is 5.95 Å². The molecule has 0 amide bonds. The summed E-state index contributed by atoms with van der Waals surface area (Å²) in [6, 6.07) is 13.3. The average Bonchev–Trinajstić information content (AvgIpc) is 2.30. The van der Waals surface area contributed by atoms with E-state index in [9.17, 15) is 4.39 Å². The molecule has 1 N–H and O–H groups in total. The van der Waals surface area contributed by atoms with Crippen LogP contribution in [0.2, 0.25) is 0 Å². The van der Waals surface area contributed by atoms with Gasteiger partial charge in [0.25, 0.3) is 0 Å². The lowest BCUT2D eigenvalue weighted by molar-refractivity contribution is 0.584. The lowest BCUT2D eigenvalue weighted by Gasteiger charge is -2.05. The van der Waals surface area contributed by atoms with E-state index in [1.165, 1.54) is 17.8 Å². The predicted molar refractivity (Wildman–Crippen MR) is 62.8 cm³/mol. The van der Waals surface area contributed by atoms with Gasteiger partial charge in [0, 0.05) is 24.5 Å². The number of nitrogens with zero attached hydrogens (tertiary/aromatic N) is 1. The van der Waals surface area contributed by atoms with Gasteiger partial charge in [0.2, 0.25) is 5.95 Å². The average molecular weight is 216 g/mol. The van der Waals surface area contributed by atoms with Crippen molar-refractivity contribution >= 4 is 5.69 Å². The van der Waals surface area contributed by atoms with Gasteiger partial charge in [0.05, 0.1) is 0 Å². The van der Waals surface area contributed by atoms with Crippen LogP contribution in [-0.2, 0) is 6.42 Å². The Bertz CT molecular complexity index is 443. The number of benzene rings is 1. The standard InChI is InChI=1S/C13H13FN2/c14-13-10-12(7-9-16-13)15-8-6-11-4-2-1-3-5-11/h1-5,7,9-10H,6,8H2,(H,15,16). The van der Waals surface area contributed by atoms with Crippen LogP contribution in [0.1, 0.15) is 5.56 Å². The zero-order valence-electron chi connectivity index (χ0n) is 8.86. The van der Waals surface area contributed by atoms with Gasteiger partial charge < -0.3 is 5.32 Å². The van der Waals surface area contributed by atoms with E-state index in [4.69, 9.17) is 0 Å². The second-order valence-electron chi connectivity index (χ2n) is 3.53. The molecule has 1 heterocycles. The summed E-state index contributed by atoms with van der Waals surface area (Å²) in [5.74, 6) is -0.454. The van der Waals surface area contributed by atoms with E-state index in [-0.39, 0.29) is 0 Å². The highest BCUT2D eigenvalue weighted by atomic mass is 19.1. The summed E-state index contributed by atoms with van der Waals surface area (Å²) in [6.07, 6.45) is 2.38. The molecule has 0 radical (unpaired) electrons. The van der Waals surface area contributed by atoms with Crippen LogP contribution in [0.3, 0.4) is 0 Å². The van der Waals surface area contributed by atoms with Gasteiger partial charge in [-0.3, -0.25) is 0 Å². The largest absolute Gasteiger partial charge is 0.385 e. The first-order valence-electron chi connectivity index (χ1n) is 5.24. The summed E-state index contributed by atoms with van der Waals surface area (Å²) >= 11 is 0. The Morgan fingerprint density at radius 1 is 1.12 bits per heavy atom. The molecule has 16 heavy (non-hydrogen) atoms. The molecule has 3 heteroatoms. The molecule has 0 saturated carbocycles. The molecular formula is C13H13FN2. The van der Waals surface area contributed by atoms with Gasteiger partial charge >= 0.3 is 0 Å². The van der Waals surface area contributed by atoms with E-state index >= 15 is 0 Å². The SMILES string of the molecule is Fc1cc(NCCc2ccccc2)ccn1. The Balaban J connectivity index is 1.85. The summed E-state index contributed by atoms with van der Waals surface area (Å²) in [5, 5.41) is 3.15. The Morgan fingerprint density at radius 2 is 1.94 bits per heavy atom. The number of pyridine rings is 1. The maximum absolute atomic E-state index is 12.8.